The molecule has 8 nitrogen and oxygen atoms in total. The molecule has 1 saturated heterocycles. The van der Waals surface area contributed by atoms with Gasteiger partial charge in [0.2, 0.25) is 11.8 Å². The Labute approximate surface area is 276 Å². The zero-order valence-corrected chi connectivity index (χ0v) is 27.3. The molecule has 0 bridgehead atoms. The van der Waals surface area contributed by atoms with Crippen molar-refractivity contribution in [1.82, 2.24) is 4.90 Å². The van der Waals surface area contributed by atoms with Gasteiger partial charge >= 0.3 is 6.09 Å². The smallest absolute Gasteiger partial charge is 0.416 e. The van der Waals surface area contributed by atoms with Crippen LogP contribution in [0.4, 0.5) is 16.2 Å². The van der Waals surface area contributed by atoms with Crippen LogP contribution in [0, 0.1) is 5.92 Å². The standard InChI is InChI=1S/C39H41N3O5/c1-26(37(45)42-34(25-47-38(42)46)23-27-9-6-5-7-10-27)21-29-11-8-12-33(22-29)41-36(44)30-15-19-32(20-16-30)40-35(43)24-28-13-17-31(18-14-28)39(2,3)4/h5-20,22,26,34H,21,23-25H2,1-4H3,(H,40,43)(H,41,44)/t26-,34+/m0/s1. The SMILES string of the molecule is C[C@@H](Cc1cccc(NC(=O)c2ccc(NC(=O)Cc3ccc(C(C)(C)C)cc3)cc2)c1)C(=O)N1C(=O)OC[C@H]1Cc1ccccc1. The first-order valence-corrected chi connectivity index (χ1v) is 15.9. The topological polar surface area (TPSA) is 105 Å². The molecule has 242 valence electrons. The first kappa shape index (κ1) is 33.1. The Morgan fingerprint density at radius 3 is 2.17 bits per heavy atom. The predicted molar refractivity (Wildman–Crippen MR) is 183 cm³/mol. The summed E-state index contributed by atoms with van der Waals surface area (Å²) in [6.07, 6.45) is 0.565. The molecule has 0 saturated carbocycles. The zero-order chi connectivity index (χ0) is 33.6. The molecule has 1 aliphatic heterocycles. The molecule has 1 heterocycles. The van der Waals surface area contributed by atoms with E-state index in [0.717, 1.165) is 16.7 Å². The summed E-state index contributed by atoms with van der Waals surface area (Å²) in [5, 5.41) is 5.80. The van der Waals surface area contributed by atoms with Crippen molar-refractivity contribution in [2.45, 2.75) is 58.4 Å². The number of rotatable bonds is 10. The summed E-state index contributed by atoms with van der Waals surface area (Å²) in [6, 6.07) is 31.5. The molecule has 2 atom stereocenters. The van der Waals surface area contributed by atoms with Gasteiger partial charge in [-0.2, -0.15) is 0 Å². The number of ether oxygens (including phenoxy) is 1. The maximum Gasteiger partial charge on any atom is 0.416 e. The Morgan fingerprint density at radius 2 is 1.49 bits per heavy atom. The molecule has 4 aromatic carbocycles. The van der Waals surface area contributed by atoms with Gasteiger partial charge in [0.25, 0.3) is 5.91 Å². The molecule has 4 aromatic rings. The summed E-state index contributed by atoms with van der Waals surface area (Å²) in [5.41, 5.74) is 5.70. The number of carbonyl (C=O) groups is 4. The summed E-state index contributed by atoms with van der Waals surface area (Å²) in [4.78, 5) is 52.7. The maximum atomic E-state index is 13.4. The Hall–Kier alpha value is -5.24. The predicted octanol–water partition coefficient (Wildman–Crippen LogP) is 7.19. The van der Waals surface area contributed by atoms with Crippen molar-refractivity contribution in [2.24, 2.45) is 5.92 Å². The van der Waals surface area contributed by atoms with E-state index in [9.17, 15) is 19.2 Å². The first-order valence-electron chi connectivity index (χ1n) is 15.9. The third-order valence-corrected chi connectivity index (χ3v) is 8.28. The number of nitrogens with zero attached hydrogens (tertiary/aromatic N) is 1. The number of anilines is 2. The number of nitrogens with one attached hydrogen (secondary N) is 2. The Bertz CT molecular complexity index is 1730. The van der Waals surface area contributed by atoms with Crippen molar-refractivity contribution < 1.29 is 23.9 Å². The Balaban J connectivity index is 1.14. The first-order chi connectivity index (χ1) is 22.5. The van der Waals surface area contributed by atoms with E-state index in [-0.39, 0.29) is 42.2 Å². The van der Waals surface area contributed by atoms with Gasteiger partial charge in [0, 0.05) is 22.9 Å². The lowest BCUT2D eigenvalue weighted by atomic mass is 9.86. The van der Waals surface area contributed by atoms with Crippen LogP contribution in [-0.4, -0.2) is 41.4 Å². The average Bonchev–Trinajstić information content (AvgIpc) is 3.40. The summed E-state index contributed by atoms with van der Waals surface area (Å²) in [7, 11) is 0. The van der Waals surface area contributed by atoms with E-state index in [1.165, 1.54) is 10.5 Å². The van der Waals surface area contributed by atoms with Crippen molar-refractivity contribution in [3.05, 3.63) is 131 Å². The fourth-order valence-corrected chi connectivity index (χ4v) is 5.64. The van der Waals surface area contributed by atoms with Gasteiger partial charge in [0.1, 0.15) is 6.61 Å². The van der Waals surface area contributed by atoms with Crippen LogP contribution in [0.3, 0.4) is 0 Å². The molecule has 1 aliphatic rings. The highest BCUT2D eigenvalue weighted by molar-refractivity contribution is 6.04. The molecule has 2 N–H and O–H groups in total. The summed E-state index contributed by atoms with van der Waals surface area (Å²) < 4.78 is 5.24. The number of hydrogen-bond donors (Lipinski definition) is 2. The van der Waals surface area contributed by atoms with Gasteiger partial charge in [-0.25, -0.2) is 9.69 Å². The molecule has 0 spiro atoms. The second-order valence-electron chi connectivity index (χ2n) is 13.1. The molecule has 0 aromatic heterocycles. The van der Waals surface area contributed by atoms with Crippen LogP contribution in [0.15, 0.2) is 103 Å². The molecule has 4 amide bonds. The fourth-order valence-electron chi connectivity index (χ4n) is 5.64. The minimum atomic E-state index is -0.611. The number of imide groups is 1. The average molecular weight is 632 g/mol. The van der Waals surface area contributed by atoms with Gasteiger partial charge in [-0.15, -0.1) is 0 Å². The van der Waals surface area contributed by atoms with Gasteiger partial charge < -0.3 is 15.4 Å². The van der Waals surface area contributed by atoms with Crippen molar-refractivity contribution >= 4 is 35.2 Å². The second-order valence-corrected chi connectivity index (χ2v) is 13.1. The molecule has 0 unspecified atom stereocenters. The van der Waals surface area contributed by atoms with E-state index in [4.69, 9.17) is 4.74 Å². The molecule has 1 fully saturated rings. The van der Waals surface area contributed by atoms with Crippen LogP contribution >= 0.6 is 0 Å². The highest BCUT2D eigenvalue weighted by atomic mass is 16.6. The quantitative estimate of drug-likeness (QED) is 0.193. The molecule has 0 radical (unpaired) electrons. The van der Waals surface area contributed by atoms with Crippen molar-refractivity contribution in [1.29, 1.82) is 0 Å². The normalized spacial score (nSPS) is 15.1. The van der Waals surface area contributed by atoms with Crippen molar-refractivity contribution in [2.75, 3.05) is 17.2 Å². The molecule has 47 heavy (non-hydrogen) atoms. The van der Waals surface area contributed by atoms with Gasteiger partial charge in [-0.05, 0) is 76.9 Å². The lowest BCUT2D eigenvalue weighted by Crippen LogP contribution is -2.43. The van der Waals surface area contributed by atoms with E-state index in [1.807, 2.05) is 60.7 Å². The highest BCUT2D eigenvalue weighted by Gasteiger charge is 2.39. The van der Waals surface area contributed by atoms with E-state index >= 15 is 0 Å². The van der Waals surface area contributed by atoms with Crippen molar-refractivity contribution in [3.8, 4) is 0 Å². The number of carbonyl (C=O) groups excluding carboxylic acids is 4. The Morgan fingerprint density at radius 1 is 0.809 bits per heavy atom. The van der Waals surface area contributed by atoms with Crippen LogP contribution in [0.25, 0.3) is 0 Å². The minimum Gasteiger partial charge on any atom is -0.447 e. The zero-order valence-electron chi connectivity index (χ0n) is 27.3. The molecule has 0 aliphatic carbocycles. The summed E-state index contributed by atoms with van der Waals surface area (Å²) in [6.45, 7) is 8.42. The Kier molecular flexibility index (Phi) is 10.2. The second kappa shape index (κ2) is 14.5. The maximum absolute atomic E-state index is 13.4. The van der Waals surface area contributed by atoms with E-state index in [0.29, 0.717) is 29.8 Å². The third kappa shape index (κ3) is 8.73. The van der Waals surface area contributed by atoms with Crippen LogP contribution in [0.1, 0.15) is 60.3 Å². The largest absolute Gasteiger partial charge is 0.447 e. The van der Waals surface area contributed by atoms with Gasteiger partial charge in [-0.1, -0.05) is 94.4 Å². The highest BCUT2D eigenvalue weighted by Crippen LogP contribution is 2.24. The number of amides is 4. The lowest BCUT2D eigenvalue weighted by Gasteiger charge is -2.23. The van der Waals surface area contributed by atoms with Crippen LogP contribution in [0.2, 0.25) is 0 Å². The number of benzene rings is 4. The van der Waals surface area contributed by atoms with E-state index in [1.54, 1.807) is 37.3 Å². The monoisotopic (exact) mass is 631 g/mol. The summed E-state index contributed by atoms with van der Waals surface area (Å²) in [5.74, 6) is -1.20. The lowest BCUT2D eigenvalue weighted by molar-refractivity contribution is -0.132. The summed E-state index contributed by atoms with van der Waals surface area (Å²) >= 11 is 0. The van der Waals surface area contributed by atoms with Crippen LogP contribution in [-0.2, 0) is 39.0 Å². The minimum absolute atomic E-state index is 0.0516. The molecule has 8 heteroatoms. The molecular weight excluding hydrogens is 590 g/mol. The fraction of sp³-hybridized carbons (Fsp3) is 0.282. The van der Waals surface area contributed by atoms with Gasteiger partial charge in [0.05, 0.1) is 12.5 Å². The number of cyclic esters (lactones) is 1. The van der Waals surface area contributed by atoms with Gasteiger partial charge in [0.15, 0.2) is 0 Å². The van der Waals surface area contributed by atoms with E-state index in [2.05, 4.69) is 43.5 Å². The molecular formula is C39H41N3O5. The van der Waals surface area contributed by atoms with E-state index < -0.39 is 12.0 Å². The van der Waals surface area contributed by atoms with Crippen LogP contribution < -0.4 is 10.6 Å². The number of hydrogen-bond acceptors (Lipinski definition) is 5. The van der Waals surface area contributed by atoms with Crippen LogP contribution in [0.5, 0.6) is 0 Å². The van der Waals surface area contributed by atoms with Gasteiger partial charge in [-0.3, -0.25) is 14.4 Å². The van der Waals surface area contributed by atoms with Crippen molar-refractivity contribution in [3.63, 3.8) is 0 Å². The third-order valence-electron chi connectivity index (χ3n) is 8.28. The molecule has 5 rings (SSSR count).